The van der Waals surface area contributed by atoms with E-state index in [0.29, 0.717) is 5.69 Å². The molecule has 0 fully saturated rings. The molecule has 2 aromatic rings. The van der Waals surface area contributed by atoms with Gasteiger partial charge in [-0.25, -0.2) is 14.6 Å². The molecule has 0 aliphatic heterocycles. The van der Waals surface area contributed by atoms with E-state index >= 15 is 0 Å². The van der Waals surface area contributed by atoms with Crippen LogP contribution in [0.5, 0.6) is 0 Å². The Morgan fingerprint density at radius 1 is 0.860 bits per heavy atom. The summed E-state index contributed by atoms with van der Waals surface area (Å²) in [5.74, 6) is -9.36. The average molecular weight is 605 g/mol. The Morgan fingerprint density at radius 3 is 2.16 bits per heavy atom. The third kappa shape index (κ3) is 12.7. The van der Waals surface area contributed by atoms with Crippen LogP contribution >= 0.6 is 0 Å². The molecule has 0 spiro atoms. The Hall–Kier alpha value is -5.48. The second kappa shape index (κ2) is 17.4. The summed E-state index contributed by atoms with van der Waals surface area (Å²) in [7, 11) is 0. The maximum atomic E-state index is 12.8. The van der Waals surface area contributed by atoms with Crippen molar-refractivity contribution < 1.29 is 53.6 Å². The first-order valence-corrected chi connectivity index (χ1v) is 12.9. The highest BCUT2D eigenvalue weighted by molar-refractivity contribution is 5.94. The molecule has 0 aliphatic carbocycles. The zero-order valence-corrected chi connectivity index (χ0v) is 22.8. The topological polar surface area (TPSA) is 266 Å². The van der Waals surface area contributed by atoms with Crippen LogP contribution in [0.25, 0.3) is 0 Å². The number of carbonyl (C=O) groups excluding carboxylic acids is 4. The van der Waals surface area contributed by atoms with E-state index in [2.05, 4.69) is 25.9 Å². The van der Waals surface area contributed by atoms with Gasteiger partial charge in [0, 0.05) is 37.7 Å². The number of aromatic nitrogens is 2. The fourth-order valence-electron chi connectivity index (χ4n) is 3.59. The van der Waals surface area contributed by atoms with Crippen molar-refractivity contribution >= 4 is 41.7 Å². The van der Waals surface area contributed by atoms with Gasteiger partial charge in [-0.2, -0.15) is 0 Å². The van der Waals surface area contributed by atoms with Crippen molar-refractivity contribution in [1.82, 2.24) is 31.2 Å². The zero-order valence-electron chi connectivity index (χ0n) is 22.8. The molecule has 8 N–H and O–H groups in total. The van der Waals surface area contributed by atoms with Crippen molar-refractivity contribution in [3.05, 3.63) is 54.1 Å². The van der Waals surface area contributed by atoms with E-state index in [-0.39, 0.29) is 32.4 Å². The third-order valence-corrected chi connectivity index (χ3v) is 5.83. The number of carboxylic acids is 3. The number of aliphatic carboxylic acids is 3. The van der Waals surface area contributed by atoms with Crippen molar-refractivity contribution in [3.8, 4) is 0 Å². The molecule has 4 amide bonds. The molecule has 0 radical (unpaired) electrons. The van der Waals surface area contributed by atoms with Gasteiger partial charge >= 0.3 is 24.0 Å². The molecule has 2 rings (SSSR count). The molecule has 1 heterocycles. The summed E-state index contributed by atoms with van der Waals surface area (Å²) in [6.07, 6.45) is 1.29. The van der Waals surface area contributed by atoms with Crippen LogP contribution in [0.1, 0.15) is 30.5 Å². The number of nitrogens with zero attached hydrogens (tertiary/aromatic N) is 1. The van der Waals surface area contributed by atoms with Gasteiger partial charge in [-0.05, 0) is 12.0 Å². The molecule has 17 nitrogen and oxygen atoms in total. The number of nitrogens with one attached hydrogen (secondary N) is 5. The van der Waals surface area contributed by atoms with E-state index in [1.54, 1.807) is 24.3 Å². The molecule has 2 unspecified atom stereocenters. The second-order valence-electron chi connectivity index (χ2n) is 9.13. The van der Waals surface area contributed by atoms with Crippen LogP contribution in [0.2, 0.25) is 0 Å². The minimum Gasteiger partial charge on any atom is -0.481 e. The van der Waals surface area contributed by atoms with Crippen LogP contribution < -0.4 is 21.3 Å². The van der Waals surface area contributed by atoms with Crippen molar-refractivity contribution in [2.24, 2.45) is 5.92 Å². The molecular formula is C26H32N6O11. The number of H-pyrrole nitrogens is 1. The van der Waals surface area contributed by atoms with Crippen LogP contribution in [0.15, 0.2) is 42.9 Å². The third-order valence-electron chi connectivity index (χ3n) is 5.83. The first-order chi connectivity index (χ1) is 20.5. The fourth-order valence-corrected chi connectivity index (χ4v) is 3.59. The van der Waals surface area contributed by atoms with Gasteiger partial charge in [-0.1, -0.05) is 30.3 Å². The second-order valence-corrected chi connectivity index (χ2v) is 9.13. The summed E-state index contributed by atoms with van der Waals surface area (Å²) in [5.41, 5.74) is 1.34. The predicted molar refractivity (Wildman–Crippen MR) is 144 cm³/mol. The Labute approximate surface area is 244 Å². The zero-order chi connectivity index (χ0) is 31.8. The number of imidazole rings is 1. The van der Waals surface area contributed by atoms with Gasteiger partial charge in [0.25, 0.3) is 0 Å². The van der Waals surface area contributed by atoms with E-state index in [0.717, 1.165) is 5.56 Å². The first-order valence-electron chi connectivity index (χ1n) is 12.9. The quantitative estimate of drug-likeness (QED) is 0.0752. The lowest BCUT2D eigenvalue weighted by Crippen LogP contribution is -2.48. The maximum Gasteiger partial charge on any atom is 0.408 e. The number of carboxylic acid groups (broad SMARTS) is 3. The van der Waals surface area contributed by atoms with E-state index in [1.807, 2.05) is 11.4 Å². The fraction of sp³-hybridized carbons (Fsp3) is 0.385. The van der Waals surface area contributed by atoms with Crippen LogP contribution in [0, 0.1) is 5.92 Å². The molecule has 43 heavy (non-hydrogen) atoms. The molecule has 1 aromatic heterocycles. The van der Waals surface area contributed by atoms with Gasteiger partial charge in [-0.3, -0.25) is 24.0 Å². The molecule has 232 valence electrons. The lowest BCUT2D eigenvalue weighted by molar-refractivity contribution is -0.156. The van der Waals surface area contributed by atoms with Crippen LogP contribution in [0.3, 0.4) is 0 Å². The number of benzene rings is 1. The predicted octanol–water partition coefficient (Wildman–Crippen LogP) is -0.995. The van der Waals surface area contributed by atoms with E-state index in [9.17, 15) is 38.7 Å². The van der Waals surface area contributed by atoms with Gasteiger partial charge in [0.2, 0.25) is 17.7 Å². The standard InChI is InChI=1S/C26H32N6O11/c33-20(29-12-21(34)31-19(25(40)41)10-17(23(36)37)24(38)39)7-4-8-28-22(35)18(9-16-11-27-14-30-16)32-26(42)43-13-15-5-2-1-3-6-15/h1-3,5-6,11,14,17-19H,4,7-10,12-13H2,(H,27,30)(H,28,35)(H,29,33)(H,31,34)(H,32,42)(H,36,37)(H,38,39)(H,40,41). The van der Waals surface area contributed by atoms with Gasteiger partial charge in [0.05, 0.1) is 12.9 Å². The van der Waals surface area contributed by atoms with E-state index in [4.69, 9.17) is 14.9 Å². The minimum absolute atomic E-state index is 0.000353. The highest BCUT2D eigenvalue weighted by Crippen LogP contribution is 2.09. The molecule has 1 aromatic carbocycles. The van der Waals surface area contributed by atoms with Gasteiger partial charge < -0.3 is 46.3 Å². The molecule has 0 bridgehead atoms. The van der Waals surface area contributed by atoms with Crippen molar-refractivity contribution in [3.63, 3.8) is 0 Å². The van der Waals surface area contributed by atoms with Crippen LogP contribution in [-0.2, 0) is 46.5 Å². The summed E-state index contributed by atoms with van der Waals surface area (Å²) in [4.78, 5) is 89.2. The normalized spacial score (nSPS) is 11.9. The van der Waals surface area contributed by atoms with E-state index in [1.165, 1.54) is 12.5 Å². The Kier molecular flexibility index (Phi) is 13.6. The van der Waals surface area contributed by atoms with Gasteiger partial charge in [0.15, 0.2) is 5.92 Å². The molecule has 0 saturated carbocycles. The minimum atomic E-state index is -2.06. The average Bonchev–Trinajstić information content (AvgIpc) is 3.48. The number of amides is 4. The summed E-state index contributed by atoms with van der Waals surface area (Å²) < 4.78 is 5.18. The summed E-state index contributed by atoms with van der Waals surface area (Å²) in [6, 6.07) is 6.11. The lowest BCUT2D eigenvalue weighted by Gasteiger charge is -2.18. The summed E-state index contributed by atoms with van der Waals surface area (Å²) in [5, 5.41) is 36.3. The highest BCUT2D eigenvalue weighted by Gasteiger charge is 2.33. The van der Waals surface area contributed by atoms with Crippen molar-refractivity contribution in [2.45, 2.75) is 44.4 Å². The number of alkyl carbamates (subject to hydrolysis) is 1. The number of carbonyl (C=O) groups is 7. The highest BCUT2D eigenvalue weighted by atomic mass is 16.5. The Bertz CT molecular complexity index is 1260. The molecule has 2 atom stereocenters. The number of rotatable bonds is 18. The monoisotopic (exact) mass is 604 g/mol. The number of ether oxygens (including phenoxy) is 1. The smallest absolute Gasteiger partial charge is 0.408 e. The van der Waals surface area contributed by atoms with Crippen molar-refractivity contribution in [1.29, 1.82) is 0 Å². The number of aromatic amines is 1. The SMILES string of the molecule is O=C(CCCNC(=O)C(Cc1cnc[nH]1)NC(=O)OCc1ccccc1)NCC(=O)NC(CC(C(=O)O)C(=O)O)C(=O)O. The van der Waals surface area contributed by atoms with Crippen LogP contribution in [0.4, 0.5) is 4.79 Å². The van der Waals surface area contributed by atoms with E-state index < -0.39 is 72.7 Å². The Morgan fingerprint density at radius 2 is 1.56 bits per heavy atom. The summed E-state index contributed by atoms with van der Waals surface area (Å²) in [6.45, 7) is -0.618. The molecule has 0 saturated heterocycles. The van der Waals surface area contributed by atoms with Gasteiger partial charge in [0.1, 0.15) is 18.7 Å². The van der Waals surface area contributed by atoms with Crippen LogP contribution in [-0.4, -0.2) is 92.2 Å². The number of hydrogen-bond acceptors (Lipinski definition) is 9. The molecule has 17 heteroatoms. The first kappa shape index (κ1) is 33.7. The maximum absolute atomic E-state index is 12.8. The molecule has 0 aliphatic rings. The molecular weight excluding hydrogens is 572 g/mol. The lowest BCUT2D eigenvalue weighted by atomic mass is 10.00. The number of hydrogen-bond donors (Lipinski definition) is 8. The Balaban J connectivity index is 1.77. The summed E-state index contributed by atoms with van der Waals surface area (Å²) >= 11 is 0. The van der Waals surface area contributed by atoms with Gasteiger partial charge in [-0.15, -0.1) is 0 Å². The van der Waals surface area contributed by atoms with Crippen molar-refractivity contribution in [2.75, 3.05) is 13.1 Å². The largest absolute Gasteiger partial charge is 0.481 e.